The number of rotatable bonds is 5. The molecule has 0 aliphatic rings. The molecule has 0 aliphatic carbocycles. The van der Waals surface area contributed by atoms with E-state index < -0.39 is 5.97 Å². The highest BCUT2D eigenvalue weighted by Gasteiger charge is 2.11. The van der Waals surface area contributed by atoms with Crippen molar-refractivity contribution >= 4 is 11.9 Å². The van der Waals surface area contributed by atoms with Crippen LogP contribution in [-0.2, 0) is 11.3 Å². The van der Waals surface area contributed by atoms with E-state index in [0.29, 0.717) is 0 Å². The lowest BCUT2D eigenvalue weighted by molar-refractivity contribution is -0.122. The fraction of sp³-hybridized carbons (Fsp3) is 0.214. The molecule has 6 heteroatoms. The highest BCUT2D eigenvalue weighted by Crippen LogP contribution is 2.10. The summed E-state index contributed by atoms with van der Waals surface area (Å²) in [6, 6.07) is 9.48. The van der Waals surface area contributed by atoms with E-state index in [0.717, 1.165) is 5.56 Å². The van der Waals surface area contributed by atoms with Gasteiger partial charge in [0.25, 0.3) is 0 Å². The second-order valence-corrected chi connectivity index (χ2v) is 4.43. The Morgan fingerprint density at radius 1 is 1.35 bits per heavy atom. The minimum Gasteiger partial charge on any atom is -0.478 e. The van der Waals surface area contributed by atoms with Crippen LogP contribution in [0.15, 0.2) is 42.7 Å². The van der Waals surface area contributed by atoms with Gasteiger partial charge in [-0.2, -0.15) is 5.10 Å². The van der Waals surface area contributed by atoms with Crippen LogP contribution in [0.1, 0.15) is 28.9 Å². The lowest BCUT2D eigenvalue weighted by Crippen LogP contribution is -2.30. The standard InChI is InChI=1S/C14H15N3O3/c1-10(11-5-3-2-4-6-11)16-13(18)9-17-8-12(7-15-17)14(19)20/h2-8,10H,9H2,1H3,(H,16,18)(H,19,20). The van der Waals surface area contributed by atoms with Crippen LogP contribution in [0, 0.1) is 0 Å². The zero-order valence-corrected chi connectivity index (χ0v) is 11.0. The largest absolute Gasteiger partial charge is 0.478 e. The van der Waals surface area contributed by atoms with E-state index in [1.165, 1.54) is 17.1 Å². The number of benzene rings is 1. The van der Waals surface area contributed by atoms with Crippen molar-refractivity contribution in [2.24, 2.45) is 0 Å². The van der Waals surface area contributed by atoms with Gasteiger partial charge >= 0.3 is 5.97 Å². The van der Waals surface area contributed by atoms with Crippen molar-refractivity contribution < 1.29 is 14.7 Å². The Morgan fingerprint density at radius 2 is 2.05 bits per heavy atom. The molecule has 6 nitrogen and oxygen atoms in total. The van der Waals surface area contributed by atoms with Crippen molar-refractivity contribution in [3.8, 4) is 0 Å². The van der Waals surface area contributed by atoms with Crippen molar-refractivity contribution in [1.29, 1.82) is 0 Å². The molecular weight excluding hydrogens is 258 g/mol. The molecule has 1 heterocycles. The zero-order chi connectivity index (χ0) is 14.5. The van der Waals surface area contributed by atoms with E-state index in [1.807, 2.05) is 37.3 Å². The van der Waals surface area contributed by atoms with Crippen molar-refractivity contribution in [2.75, 3.05) is 0 Å². The molecule has 104 valence electrons. The monoisotopic (exact) mass is 273 g/mol. The van der Waals surface area contributed by atoms with E-state index >= 15 is 0 Å². The molecule has 2 N–H and O–H groups in total. The molecule has 0 radical (unpaired) electrons. The average Bonchev–Trinajstić information content (AvgIpc) is 2.88. The van der Waals surface area contributed by atoms with Gasteiger partial charge in [-0.3, -0.25) is 9.48 Å². The van der Waals surface area contributed by atoms with Gasteiger partial charge in [0.2, 0.25) is 5.91 Å². The van der Waals surface area contributed by atoms with E-state index in [-0.39, 0.29) is 24.1 Å². The summed E-state index contributed by atoms with van der Waals surface area (Å²) in [5.41, 5.74) is 1.07. The van der Waals surface area contributed by atoms with Crippen LogP contribution in [0.3, 0.4) is 0 Å². The fourth-order valence-corrected chi connectivity index (χ4v) is 1.82. The summed E-state index contributed by atoms with van der Waals surface area (Å²) in [6.07, 6.45) is 2.55. The number of nitrogens with one attached hydrogen (secondary N) is 1. The van der Waals surface area contributed by atoms with Crippen LogP contribution in [-0.4, -0.2) is 26.8 Å². The maximum Gasteiger partial charge on any atom is 0.338 e. The van der Waals surface area contributed by atoms with Gasteiger partial charge in [0.1, 0.15) is 6.54 Å². The third kappa shape index (κ3) is 3.44. The first-order valence-corrected chi connectivity index (χ1v) is 6.16. The van der Waals surface area contributed by atoms with Crippen molar-refractivity contribution in [3.63, 3.8) is 0 Å². The van der Waals surface area contributed by atoms with Gasteiger partial charge in [-0.1, -0.05) is 30.3 Å². The summed E-state index contributed by atoms with van der Waals surface area (Å²) in [7, 11) is 0. The number of carbonyl (C=O) groups excluding carboxylic acids is 1. The molecule has 0 spiro atoms. The van der Waals surface area contributed by atoms with Gasteiger partial charge in [-0.25, -0.2) is 4.79 Å². The van der Waals surface area contributed by atoms with Crippen LogP contribution < -0.4 is 5.32 Å². The number of amides is 1. The molecule has 0 saturated heterocycles. The molecule has 20 heavy (non-hydrogen) atoms. The number of carboxylic acids is 1. The molecule has 1 atom stereocenters. The van der Waals surface area contributed by atoms with E-state index in [4.69, 9.17) is 5.11 Å². The highest BCUT2D eigenvalue weighted by molar-refractivity contribution is 5.87. The van der Waals surface area contributed by atoms with Gasteiger partial charge in [0, 0.05) is 6.20 Å². The summed E-state index contributed by atoms with van der Waals surface area (Å²) < 4.78 is 1.30. The van der Waals surface area contributed by atoms with Crippen LogP contribution >= 0.6 is 0 Å². The molecular formula is C14H15N3O3. The first-order chi connectivity index (χ1) is 9.56. The molecule has 1 unspecified atom stereocenters. The molecule has 0 fully saturated rings. The van der Waals surface area contributed by atoms with Crippen molar-refractivity contribution in [2.45, 2.75) is 19.5 Å². The lowest BCUT2D eigenvalue weighted by Gasteiger charge is -2.14. The quantitative estimate of drug-likeness (QED) is 0.863. The van der Waals surface area contributed by atoms with E-state index in [9.17, 15) is 9.59 Å². The van der Waals surface area contributed by atoms with Crippen LogP contribution in [0.25, 0.3) is 0 Å². The van der Waals surface area contributed by atoms with E-state index in [2.05, 4.69) is 10.4 Å². The molecule has 2 rings (SSSR count). The Balaban J connectivity index is 1.93. The summed E-state index contributed by atoms with van der Waals surface area (Å²) in [4.78, 5) is 22.6. The molecule has 1 aromatic carbocycles. The second-order valence-electron chi connectivity index (χ2n) is 4.43. The van der Waals surface area contributed by atoms with Crippen LogP contribution in [0.5, 0.6) is 0 Å². The molecule has 2 aromatic rings. The average molecular weight is 273 g/mol. The minimum absolute atomic E-state index is 0.00947. The van der Waals surface area contributed by atoms with Gasteiger partial charge in [-0.05, 0) is 12.5 Å². The van der Waals surface area contributed by atoms with E-state index in [1.54, 1.807) is 0 Å². The molecule has 1 amide bonds. The van der Waals surface area contributed by atoms with Gasteiger partial charge < -0.3 is 10.4 Å². The number of nitrogens with zero attached hydrogens (tertiary/aromatic N) is 2. The molecule has 1 aromatic heterocycles. The number of aromatic nitrogens is 2. The number of hydrogen-bond donors (Lipinski definition) is 2. The summed E-state index contributed by atoms with van der Waals surface area (Å²) in [6.45, 7) is 1.88. The Morgan fingerprint density at radius 3 is 2.65 bits per heavy atom. The Labute approximate surface area is 116 Å². The van der Waals surface area contributed by atoms with Crippen LogP contribution in [0.2, 0.25) is 0 Å². The fourth-order valence-electron chi connectivity index (χ4n) is 1.82. The number of carbonyl (C=O) groups is 2. The maximum atomic E-state index is 11.9. The maximum absolute atomic E-state index is 11.9. The summed E-state index contributed by atoms with van der Waals surface area (Å²) in [5.74, 6) is -1.28. The normalized spacial score (nSPS) is 11.8. The zero-order valence-electron chi connectivity index (χ0n) is 11.0. The molecule has 0 bridgehead atoms. The van der Waals surface area contributed by atoms with Crippen molar-refractivity contribution in [3.05, 3.63) is 53.9 Å². The SMILES string of the molecule is CC(NC(=O)Cn1cc(C(=O)O)cn1)c1ccccc1. The van der Waals surface area contributed by atoms with Gasteiger partial charge in [0.05, 0.1) is 17.8 Å². The Hall–Kier alpha value is -2.63. The molecule has 0 saturated carbocycles. The highest BCUT2D eigenvalue weighted by atomic mass is 16.4. The van der Waals surface area contributed by atoms with Gasteiger partial charge in [-0.15, -0.1) is 0 Å². The first-order valence-electron chi connectivity index (χ1n) is 6.16. The van der Waals surface area contributed by atoms with Crippen molar-refractivity contribution in [1.82, 2.24) is 15.1 Å². The summed E-state index contributed by atoms with van der Waals surface area (Å²) >= 11 is 0. The predicted octanol–water partition coefficient (Wildman–Crippen LogP) is 1.46. The summed E-state index contributed by atoms with van der Waals surface area (Å²) in [5, 5.41) is 15.4. The third-order valence-electron chi connectivity index (χ3n) is 2.86. The molecule has 0 aliphatic heterocycles. The van der Waals surface area contributed by atoms with Gasteiger partial charge in [0.15, 0.2) is 0 Å². The third-order valence-corrected chi connectivity index (χ3v) is 2.86. The predicted molar refractivity (Wildman–Crippen MR) is 72.2 cm³/mol. The number of aromatic carboxylic acids is 1. The number of carboxylic acid groups (broad SMARTS) is 1. The smallest absolute Gasteiger partial charge is 0.338 e. The number of hydrogen-bond acceptors (Lipinski definition) is 3. The lowest BCUT2D eigenvalue weighted by atomic mass is 10.1. The second kappa shape index (κ2) is 6.01. The Bertz CT molecular complexity index is 607. The van der Waals surface area contributed by atoms with Crippen LogP contribution in [0.4, 0.5) is 0 Å². The topological polar surface area (TPSA) is 84.2 Å². The minimum atomic E-state index is -1.06. The Kier molecular flexibility index (Phi) is 4.14. The first kappa shape index (κ1) is 13.8.